The van der Waals surface area contributed by atoms with Crippen LogP contribution < -0.4 is 0 Å². The second kappa shape index (κ2) is 15.0. The standard InChI is InChI=1S/C44H26O2.C44H30O2/c1-46-28(45)8-5-12-43(27-6-3-2-4-7-27)42-13-11-22-16-25-17-23-14-20-9-10-21-15-24-18-26(19-42)34-33(24)36-30(21)29(20)35-31(23)32(25)38-39(37(35)36)41(34)44(42,43)40(22)38;1-46-31(45)12-7-15-44(29-10-3-2-4-11-29)21-30-22-8-5-6-9-23-17-27-18-24-13-14-25-19-28-20-26(16-22)34-35(28)39-32(25)33(24)40-36(27)37(23)43(44)42(38(30)34)41(39)40/h2-4,6-7,9-11,13-16,19H,5,8,12,17-18H2,1H3;2-5,8-11,13-14,16,18-19H,6-7,12,15,17,20-21H2,1H3/b;8-5?,23-9+. The van der Waals surface area contributed by atoms with Crippen molar-refractivity contribution in [2.75, 3.05) is 14.2 Å². The van der Waals surface area contributed by atoms with E-state index >= 15 is 0 Å². The summed E-state index contributed by atoms with van der Waals surface area (Å²) in [5.41, 5.74) is 26.1. The third kappa shape index (κ3) is 4.66. The van der Waals surface area contributed by atoms with Crippen molar-refractivity contribution in [2.24, 2.45) is 5.41 Å². The molecule has 0 N–H and O–H groups in total. The summed E-state index contributed by atoms with van der Waals surface area (Å²) in [6.45, 7) is 0. The van der Waals surface area contributed by atoms with Crippen LogP contribution in [0.25, 0.3) is 153 Å². The van der Waals surface area contributed by atoms with E-state index in [4.69, 9.17) is 9.47 Å². The average molecular weight is 1180 g/mol. The Morgan fingerprint density at radius 3 is 1.54 bits per heavy atom. The highest BCUT2D eigenvalue weighted by Gasteiger charge is 2.89. The molecular weight excluding hydrogens is 1120 g/mol. The van der Waals surface area contributed by atoms with Gasteiger partial charge in [-0.3, -0.25) is 9.59 Å². The number of hydrogen-bond acceptors (Lipinski definition) is 4. The van der Waals surface area contributed by atoms with E-state index in [9.17, 15) is 9.59 Å². The number of esters is 2. The third-order valence-corrected chi connectivity index (χ3v) is 26.6. The molecule has 6 bridgehead atoms. The predicted molar refractivity (Wildman–Crippen MR) is 376 cm³/mol. The SMILES string of the molecule is COC(=O)CCCC1(c2ccccc2)C23C=Cc4cc5c6c7c4C21c1c2c4c(cc8ccc9cc(c6c6c9c8c4c6c17)C5)CC2=C3.COC(=O)CCCC1(c2ccccc2)Cc2c3cc4c5c2c2c1c1c6c(cc7ccc8cc(c5c5c8c7c6c25)C4)C/C1=C\CC=C3. The Hall–Kier alpha value is -9.90. The van der Waals surface area contributed by atoms with Gasteiger partial charge in [-0.15, -0.1) is 0 Å². The van der Waals surface area contributed by atoms with Crippen molar-refractivity contribution in [3.05, 3.63) is 235 Å². The first-order chi connectivity index (χ1) is 45.3. The van der Waals surface area contributed by atoms with Crippen LogP contribution in [0.4, 0.5) is 0 Å². The van der Waals surface area contributed by atoms with Crippen molar-refractivity contribution in [3.8, 4) is 0 Å². The Kier molecular flexibility index (Phi) is 7.83. The van der Waals surface area contributed by atoms with Crippen molar-refractivity contribution >= 4 is 165 Å². The summed E-state index contributed by atoms with van der Waals surface area (Å²) in [6.07, 6.45) is 25.4. The molecule has 92 heavy (non-hydrogen) atoms. The first kappa shape index (κ1) is 48.0. The fourth-order valence-electron chi connectivity index (χ4n) is 24.1. The number of fused-ring (bicyclic) bond motifs is 3. The monoisotopic (exact) mass is 1180 g/mol. The fraction of sp³-hybridized carbons (Fsp3) is 0.205. The van der Waals surface area contributed by atoms with Gasteiger partial charge in [-0.1, -0.05) is 158 Å². The third-order valence-electron chi connectivity index (χ3n) is 26.6. The second-order valence-electron chi connectivity index (χ2n) is 29.7. The minimum Gasteiger partial charge on any atom is -0.469 e. The first-order valence-corrected chi connectivity index (χ1v) is 33.9. The van der Waals surface area contributed by atoms with Gasteiger partial charge in [0.05, 0.1) is 14.2 Å². The Morgan fingerprint density at radius 1 is 0.435 bits per heavy atom. The maximum atomic E-state index is 12.6. The van der Waals surface area contributed by atoms with Gasteiger partial charge in [-0.05, 0) is 294 Å². The molecule has 0 aliphatic heterocycles. The molecule has 1 fully saturated rings. The molecule has 4 unspecified atom stereocenters. The zero-order chi connectivity index (χ0) is 59.7. The van der Waals surface area contributed by atoms with Crippen LogP contribution >= 0.6 is 0 Å². The van der Waals surface area contributed by atoms with Crippen LogP contribution in [0.2, 0.25) is 0 Å². The summed E-state index contributed by atoms with van der Waals surface area (Å²) in [5, 5.41) is 36.1. The Labute approximate surface area is 528 Å². The summed E-state index contributed by atoms with van der Waals surface area (Å²) in [5.74, 6) is -0.227. The molecule has 4 nitrogen and oxygen atoms in total. The van der Waals surface area contributed by atoms with Crippen molar-refractivity contribution in [3.63, 3.8) is 0 Å². The van der Waals surface area contributed by atoms with Crippen molar-refractivity contribution in [2.45, 2.75) is 93.3 Å². The smallest absolute Gasteiger partial charge is 0.305 e. The topological polar surface area (TPSA) is 52.6 Å². The maximum absolute atomic E-state index is 12.6. The number of allylic oxidation sites excluding steroid dienone is 6. The van der Waals surface area contributed by atoms with Crippen molar-refractivity contribution in [1.82, 2.24) is 0 Å². The van der Waals surface area contributed by atoms with E-state index in [2.05, 4.69) is 158 Å². The van der Waals surface area contributed by atoms with Crippen LogP contribution in [0.3, 0.4) is 0 Å². The van der Waals surface area contributed by atoms with Crippen molar-refractivity contribution < 1.29 is 19.1 Å². The van der Waals surface area contributed by atoms with Crippen molar-refractivity contribution in [1.29, 1.82) is 0 Å². The van der Waals surface area contributed by atoms with Crippen LogP contribution in [-0.4, -0.2) is 26.2 Å². The minimum atomic E-state index is -0.268. The van der Waals surface area contributed by atoms with E-state index in [0.29, 0.717) is 12.8 Å². The Morgan fingerprint density at radius 2 is 0.924 bits per heavy atom. The molecule has 27 rings (SSSR count). The highest BCUT2D eigenvalue weighted by molar-refractivity contribution is 6.53. The van der Waals surface area contributed by atoms with Crippen LogP contribution in [-0.2, 0) is 67.4 Å². The molecule has 0 amide bonds. The number of carbonyl (C=O) groups is 2. The highest BCUT2D eigenvalue weighted by atomic mass is 16.5. The molecule has 0 saturated heterocycles. The normalized spacial score (nSPS) is 23.3. The number of methoxy groups -OCH3 is 2. The summed E-state index contributed by atoms with van der Waals surface area (Å²) in [4.78, 5) is 25.1. The fourth-order valence-corrected chi connectivity index (χ4v) is 24.1. The number of ether oxygens (including phenoxy) is 2. The lowest BCUT2D eigenvalue weighted by atomic mass is 9.60. The van der Waals surface area contributed by atoms with E-state index in [1.165, 1.54) is 184 Å². The quantitative estimate of drug-likeness (QED) is 0.101. The van der Waals surface area contributed by atoms with E-state index < -0.39 is 0 Å². The zero-order valence-electron chi connectivity index (χ0n) is 51.1. The van der Waals surface area contributed by atoms with Crippen LogP contribution in [0, 0.1) is 5.41 Å². The maximum Gasteiger partial charge on any atom is 0.305 e. The molecule has 0 radical (unpaired) electrons. The largest absolute Gasteiger partial charge is 0.469 e. The van der Waals surface area contributed by atoms with Crippen LogP contribution in [0.15, 0.2) is 146 Å². The lowest BCUT2D eigenvalue weighted by Gasteiger charge is -2.42. The van der Waals surface area contributed by atoms with Gasteiger partial charge in [-0.2, -0.15) is 0 Å². The molecule has 0 heterocycles. The minimum absolute atomic E-state index is 0.108. The first-order valence-electron chi connectivity index (χ1n) is 33.9. The summed E-state index contributed by atoms with van der Waals surface area (Å²) < 4.78 is 10.3. The van der Waals surface area contributed by atoms with Gasteiger partial charge in [-0.25, -0.2) is 0 Å². The van der Waals surface area contributed by atoms with Gasteiger partial charge in [0.25, 0.3) is 0 Å². The molecule has 11 aliphatic carbocycles. The average Bonchev–Trinajstić information content (AvgIpc) is 1.39. The number of rotatable bonds is 10. The Balaban J connectivity index is 0.000000113. The van der Waals surface area contributed by atoms with E-state index in [-0.39, 0.29) is 33.6 Å². The van der Waals surface area contributed by atoms with Gasteiger partial charge in [0.2, 0.25) is 0 Å². The summed E-state index contributed by atoms with van der Waals surface area (Å²) in [6, 6.07) is 47.5. The summed E-state index contributed by atoms with van der Waals surface area (Å²) in [7, 11) is 3.03. The molecule has 1 saturated carbocycles. The molecular formula is C88H56O4. The van der Waals surface area contributed by atoms with Gasteiger partial charge >= 0.3 is 11.9 Å². The lowest BCUT2D eigenvalue weighted by molar-refractivity contribution is -0.141. The Bertz CT molecular complexity index is 6490. The molecule has 16 aromatic carbocycles. The number of benzene rings is 14. The van der Waals surface area contributed by atoms with Gasteiger partial charge in [0.15, 0.2) is 0 Å². The van der Waals surface area contributed by atoms with Crippen LogP contribution in [0.5, 0.6) is 0 Å². The lowest BCUT2D eigenvalue weighted by Crippen LogP contribution is -2.35. The summed E-state index contributed by atoms with van der Waals surface area (Å²) >= 11 is 0. The van der Waals surface area contributed by atoms with E-state index in [1.807, 2.05) is 0 Å². The van der Waals surface area contributed by atoms with E-state index in [1.54, 1.807) is 59.8 Å². The molecule has 11 aliphatic rings. The second-order valence-corrected chi connectivity index (χ2v) is 29.7. The van der Waals surface area contributed by atoms with Gasteiger partial charge in [0, 0.05) is 34.5 Å². The molecule has 16 aromatic rings. The molecule has 1 spiro atoms. The number of carbonyl (C=O) groups excluding carboxylic acids is 2. The molecule has 432 valence electrons. The molecule has 0 aromatic heterocycles. The van der Waals surface area contributed by atoms with Crippen LogP contribution in [0.1, 0.15) is 134 Å². The highest BCUT2D eigenvalue weighted by Crippen LogP contribution is 2.91. The zero-order valence-corrected chi connectivity index (χ0v) is 51.1. The van der Waals surface area contributed by atoms with Gasteiger partial charge in [0.1, 0.15) is 0 Å². The molecule has 4 heteroatoms. The van der Waals surface area contributed by atoms with E-state index in [0.717, 1.165) is 64.2 Å². The molecule has 4 atom stereocenters. The number of hydrogen-bond donors (Lipinski definition) is 0. The predicted octanol–water partition coefficient (Wildman–Crippen LogP) is 20.0. The van der Waals surface area contributed by atoms with Gasteiger partial charge < -0.3 is 9.47 Å².